The first-order chi connectivity index (χ1) is 8.35. The molecule has 0 aromatic carbocycles. The lowest BCUT2D eigenvalue weighted by molar-refractivity contribution is 0.144. The average Bonchev–Trinajstić information content (AvgIpc) is 2.77. The molecule has 17 heavy (non-hydrogen) atoms. The summed E-state index contributed by atoms with van der Waals surface area (Å²) in [5, 5.41) is 8.54. The van der Waals surface area contributed by atoms with Crippen molar-refractivity contribution in [2.45, 2.75) is 39.2 Å². The van der Waals surface area contributed by atoms with E-state index in [1.165, 1.54) is 0 Å². The van der Waals surface area contributed by atoms with E-state index in [-0.39, 0.29) is 0 Å². The van der Waals surface area contributed by atoms with Crippen LogP contribution in [0.4, 0.5) is 0 Å². The maximum absolute atomic E-state index is 5.74. The number of hydrogen-bond acceptors (Lipinski definition) is 4. The Labute approximate surface area is 102 Å². The van der Waals surface area contributed by atoms with Crippen LogP contribution in [-0.4, -0.2) is 34.5 Å². The van der Waals surface area contributed by atoms with Crippen molar-refractivity contribution in [1.29, 1.82) is 0 Å². The van der Waals surface area contributed by atoms with Gasteiger partial charge in [-0.25, -0.2) is 0 Å². The monoisotopic (exact) mass is 238 g/mol. The minimum absolute atomic E-state index is 0.587. The Morgan fingerprint density at radius 3 is 3.12 bits per heavy atom. The molecule has 1 atom stereocenters. The summed E-state index contributed by atoms with van der Waals surface area (Å²) in [6.07, 6.45) is 4.12. The summed E-state index contributed by atoms with van der Waals surface area (Å²) in [7, 11) is 0. The highest BCUT2D eigenvalue weighted by Gasteiger charge is 2.21. The predicted molar refractivity (Wildman–Crippen MR) is 65.7 cm³/mol. The first-order valence-electron chi connectivity index (χ1n) is 6.54. The third-order valence-corrected chi connectivity index (χ3v) is 3.35. The van der Waals surface area contributed by atoms with Crippen LogP contribution in [-0.2, 0) is 24.1 Å². The molecule has 1 aromatic rings. The number of aromatic nitrogens is 3. The minimum Gasteiger partial charge on any atom is -0.382 e. The van der Waals surface area contributed by atoms with Crippen LogP contribution in [0.2, 0.25) is 0 Å². The number of nitrogens with zero attached hydrogens (tertiary/aromatic N) is 3. The Bertz CT molecular complexity index is 350. The molecule has 5 heteroatoms. The van der Waals surface area contributed by atoms with Gasteiger partial charge in [-0.05, 0) is 32.2 Å². The van der Waals surface area contributed by atoms with Crippen LogP contribution in [0.3, 0.4) is 0 Å². The third kappa shape index (κ3) is 3.04. The second-order valence-corrected chi connectivity index (χ2v) is 4.58. The molecule has 0 saturated carbocycles. The molecular formula is C12H22N4O. The van der Waals surface area contributed by atoms with Crippen LogP contribution in [0, 0.1) is 5.92 Å². The third-order valence-electron chi connectivity index (χ3n) is 3.35. The van der Waals surface area contributed by atoms with Gasteiger partial charge in [-0.2, -0.15) is 0 Å². The molecule has 0 radical (unpaired) electrons. The molecule has 2 N–H and O–H groups in total. The van der Waals surface area contributed by atoms with Crippen LogP contribution >= 0.6 is 0 Å². The summed E-state index contributed by atoms with van der Waals surface area (Å²) >= 11 is 0. The Balaban J connectivity index is 1.93. The van der Waals surface area contributed by atoms with E-state index in [9.17, 15) is 0 Å². The van der Waals surface area contributed by atoms with E-state index < -0.39 is 0 Å². The predicted octanol–water partition coefficient (Wildman–Crippen LogP) is 0.768. The van der Waals surface area contributed by atoms with Gasteiger partial charge in [0.1, 0.15) is 11.6 Å². The summed E-state index contributed by atoms with van der Waals surface area (Å²) in [6, 6.07) is 0. The first-order valence-corrected chi connectivity index (χ1v) is 6.54. The van der Waals surface area contributed by atoms with E-state index in [1.807, 2.05) is 6.92 Å². The van der Waals surface area contributed by atoms with Crippen LogP contribution < -0.4 is 5.73 Å². The standard InChI is InChI=1S/C12H22N4O/c1-2-17-7-3-4-11-14-15-12-6-5-10(8-13)9-16(11)12/h10H,2-9,13H2,1H3. The van der Waals surface area contributed by atoms with Crippen molar-refractivity contribution in [3.63, 3.8) is 0 Å². The van der Waals surface area contributed by atoms with E-state index in [4.69, 9.17) is 10.5 Å². The fourth-order valence-corrected chi connectivity index (χ4v) is 2.30. The molecular weight excluding hydrogens is 216 g/mol. The second kappa shape index (κ2) is 6.12. The van der Waals surface area contributed by atoms with Crippen molar-refractivity contribution in [2.24, 2.45) is 11.7 Å². The second-order valence-electron chi connectivity index (χ2n) is 4.58. The van der Waals surface area contributed by atoms with Crippen molar-refractivity contribution in [1.82, 2.24) is 14.8 Å². The molecule has 0 bridgehead atoms. The number of rotatable bonds is 6. The van der Waals surface area contributed by atoms with Crippen LogP contribution in [0.5, 0.6) is 0 Å². The van der Waals surface area contributed by atoms with Gasteiger partial charge in [0.15, 0.2) is 0 Å². The zero-order valence-corrected chi connectivity index (χ0v) is 10.6. The molecule has 96 valence electrons. The molecule has 1 aromatic heterocycles. The molecule has 1 aliphatic rings. The van der Waals surface area contributed by atoms with E-state index in [2.05, 4.69) is 14.8 Å². The van der Waals surface area contributed by atoms with E-state index in [0.29, 0.717) is 5.92 Å². The Morgan fingerprint density at radius 1 is 1.47 bits per heavy atom. The highest BCUT2D eigenvalue weighted by atomic mass is 16.5. The lowest BCUT2D eigenvalue weighted by Gasteiger charge is -2.22. The Morgan fingerprint density at radius 2 is 2.35 bits per heavy atom. The highest BCUT2D eigenvalue weighted by molar-refractivity contribution is 5.00. The zero-order valence-electron chi connectivity index (χ0n) is 10.6. The minimum atomic E-state index is 0.587. The molecule has 0 fully saturated rings. The van der Waals surface area contributed by atoms with Gasteiger partial charge >= 0.3 is 0 Å². The fourth-order valence-electron chi connectivity index (χ4n) is 2.30. The van der Waals surface area contributed by atoms with Crippen molar-refractivity contribution in [3.8, 4) is 0 Å². The van der Waals surface area contributed by atoms with Gasteiger partial charge in [-0.3, -0.25) is 0 Å². The van der Waals surface area contributed by atoms with Gasteiger partial charge in [-0.1, -0.05) is 0 Å². The van der Waals surface area contributed by atoms with Crippen molar-refractivity contribution < 1.29 is 4.74 Å². The quantitative estimate of drug-likeness (QED) is 0.743. The normalized spacial score (nSPS) is 19.3. The van der Waals surface area contributed by atoms with Crippen LogP contribution in [0.15, 0.2) is 0 Å². The van der Waals surface area contributed by atoms with E-state index in [0.717, 1.165) is 63.6 Å². The summed E-state index contributed by atoms with van der Waals surface area (Å²) < 4.78 is 7.60. The first kappa shape index (κ1) is 12.5. The maximum atomic E-state index is 5.74. The van der Waals surface area contributed by atoms with E-state index >= 15 is 0 Å². The van der Waals surface area contributed by atoms with Crippen molar-refractivity contribution in [3.05, 3.63) is 11.6 Å². The van der Waals surface area contributed by atoms with Gasteiger partial charge in [0.2, 0.25) is 0 Å². The molecule has 0 spiro atoms. The summed E-state index contributed by atoms with van der Waals surface area (Å²) in [5.41, 5.74) is 5.74. The fraction of sp³-hybridized carbons (Fsp3) is 0.833. The number of hydrogen-bond donors (Lipinski definition) is 1. The zero-order chi connectivity index (χ0) is 12.1. The summed E-state index contributed by atoms with van der Waals surface area (Å²) in [5.74, 6) is 2.81. The molecule has 2 rings (SSSR count). The smallest absolute Gasteiger partial charge is 0.133 e. The van der Waals surface area contributed by atoms with Gasteiger partial charge in [0.25, 0.3) is 0 Å². The Kier molecular flexibility index (Phi) is 4.50. The SMILES string of the molecule is CCOCCCc1nnc2n1CC(CN)CC2. The van der Waals surface area contributed by atoms with Gasteiger partial charge in [0.05, 0.1) is 0 Å². The van der Waals surface area contributed by atoms with E-state index in [1.54, 1.807) is 0 Å². The molecule has 2 heterocycles. The molecule has 1 unspecified atom stereocenters. The average molecular weight is 238 g/mol. The molecule has 0 saturated heterocycles. The lowest BCUT2D eigenvalue weighted by atomic mass is 9.99. The summed E-state index contributed by atoms with van der Waals surface area (Å²) in [6.45, 7) is 5.36. The van der Waals surface area contributed by atoms with Crippen molar-refractivity contribution >= 4 is 0 Å². The summed E-state index contributed by atoms with van der Waals surface area (Å²) in [4.78, 5) is 0. The van der Waals surface area contributed by atoms with Crippen LogP contribution in [0.25, 0.3) is 0 Å². The maximum Gasteiger partial charge on any atom is 0.133 e. The number of aryl methyl sites for hydroxylation is 2. The van der Waals surface area contributed by atoms with Gasteiger partial charge in [0, 0.05) is 32.6 Å². The number of fused-ring (bicyclic) bond motifs is 1. The van der Waals surface area contributed by atoms with Gasteiger partial charge < -0.3 is 15.0 Å². The molecule has 1 aliphatic heterocycles. The van der Waals surface area contributed by atoms with Gasteiger partial charge in [-0.15, -0.1) is 10.2 Å². The molecule has 0 amide bonds. The topological polar surface area (TPSA) is 66.0 Å². The number of ether oxygens (including phenoxy) is 1. The molecule has 5 nitrogen and oxygen atoms in total. The van der Waals surface area contributed by atoms with Crippen molar-refractivity contribution in [2.75, 3.05) is 19.8 Å². The largest absolute Gasteiger partial charge is 0.382 e. The highest BCUT2D eigenvalue weighted by Crippen LogP contribution is 2.19. The lowest BCUT2D eigenvalue weighted by Crippen LogP contribution is -2.27. The Hall–Kier alpha value is -0.940. The number of nitrogens with two attached hydrogens (primary N) is 1. The molecule has 0 aliphatic carbocycles. The van der Waals surface area contributed by atoms with Crippen LogP contribution in [0.1, 0.15) is 31.4 Å².